The minimum absolute atomic E-state index is 0.0454. The summed E-state index contributed by atoms with van der Waals surface area (Å²) in [5.74, 6) is -0.252. The quantitative estimate of drug-likeness (QED) is 0.816. The Morgan fingerprint density at radius 3 is 2.53 bits per heavy atom. The molecule has 0 aliphatic rings. The fourth-order valence-corrected chi connectivity index (χ4v) is 1.17. The molecular formula is C12H15NO2. The van der Waals surface area contributed by atoms with Crippen molar-refractivity contribution in [1.29, 1.82) is 0 Å². The molecule has 1 atom stereocenters. The molecule has 0 aliphatic carbocycles. The number of carbonyl (C=O) groups excluding carboxylic acids is 2. The summed E-state index contributed by atoms with van der Waals surface area (Å²) >= 11 is 0. The van der Waals surface area contributed by atoms with Crippen LogP contribution in [-0.2, 0) is 4.79 Å². The van der Waals surface area contributed by atoms with E-state index in [1.54, 1.807) is 19.1 Å². The lowest BCUT2D eigenvalue weighted by molar-refractivity contribution is -0.118. The van der Waals surface area contributed by atoms with Crippen LogP contribution in [0.3, 0.4) is 0 Å². The van der Waals surface area contributed by atoms with Gasteiger partial charge in [-0.05, 0) is 32.9 Å². The SMILES string of the molecule is CC(=O)C(C)NC(=O)c1cccc(C)c1. The summed E-state index contributed by atoms with van der Waals surface area (Å²) in [5, 5.41) is 2.63. The zero-order valence-corrected chi connectivity index (χ0v) is 9.20. The van der Waals surface area contributed by atoms with Crippen LogP contribution in [0.2, 0.25) is 0 Å². The molecular weight excluding hydrogens is 190 g/mol. The lowest BCUT2D eigenvalue weighted by atomic mass is 10.1. The number of hydrogen-bond donors (Lipinski definition) is 1. The first-order chi connectivity index (χ1) is 7.00. The minimum atomic E-state index is -0.432. The lowest BCUT2D eigenvalue weighted by Gasteiger charge is -2.10. The van der Waals surface area contributed by atoms with Crippen molar-refractivity contribution in [2.75, 3.05) is 0 Å². The Morgan fingerprint density at radius 2 is 2.00 bits per heavy atom. The predicted molar refractivity (Wildman–Crippen MR) is 58.8 cm³/mol. The third-order valence-electron chi connectivity index (χ3n) is 2.24. The van der Waals surface area contributed by atoms with Gasteiger partial charge in [-0.1, -0.05) is 17.7 Å². The van der Waals surface area contributed by atoms with Crippen molar-refractivity contribution < 1.29 is 9.59 Å². The van der Waals surface area contributed by atoms with E-state index in [0.717, 1.165) is 5.56 Å². The Morgan fingerprint density at radius 1 is 1.33 bits per heavy atom. The van der Waals surface area contributed by atoms with E-state index in [0.29, 0.717) is 5.56 Å². The van der Waals surface area contributed by atoms with E-state index >= 15 is 0 Å². The van der Waals surface area contributed by atoms with Gasteiger partial charge in [0.2, 0.25) is 0 Å². The lowest BCUT2D eigenvalue weighted by Crippen LogP contribution is -2.37. The molecule has 1 unspecified atom stereocenters. The molecule has 1 rings (SSSR count). The molecule has 0 heterocycles. The van der Waals surface area contributed by atoms with Gasteiger partial charge in [-0.15, -0.1) is 0 Å². The Bertz CT molecular complexity index is 385. The monoisotopic (exact) mass is 205 g/mol. The van der Waals surface area contributed by atoms with Gasteiger partial charge in [0.25, 0.3) is 5.91 Å². The number of nitrogens with one attached hydrogen (secondary N) is 1. The Labute approximate surface area is 89.5 Å². The third kappa shape index (κ3) is 3.20. The van der Waals surface area contributed by atoms with Crippen molar-refractivity contribution >= 4 is 11.7 Å². The van der Waals surface area contributed by atoms with Gasteiger partial charge in [0.15, 0.2) is 5.78 Å². The molecule has 0 aliphatic heterocycles. The highest BCUT2D eigenvalue weighted by Crippen LogP contribution is 2.04. The number of benzene rings is 1. The van der Waals surface area contributed by atoms with Crippen LogP contribution in [-0.4, -0.2) is 17.7 Å². The molecule has 0 aromatic heterocycles. The van der Waals surface area contributed by atoms with Gasteiger partial charge >= 0.3 is 0 Å². The van der Waals surface area contributed by atoms with Crippen molar-refractivity contribution in [2.24, 2.45) is 0 Å². The van der Waals surface area contributed by atoms with Gasteiger partial charge in [-0.25, -0.2) is 0 Å². The summed E-state index contributed by atoms with van der Waals surface area (Å²) in [6.07, 6.45) is 0. The molecule has 15 heavy (non-hydrogen) atoms. The first-order valence-electron chi connectivity index (χ1n) is 4.88. The van der Waals surface area contributed by atoms with Gasteiger partial charge in [-0.2, -0.15) is 0 Å². The van der Waals surface area contributed by atoms with Crippen LogP contribution >= 0.6 is 0 Å². The summed E-state index contributed by atoms with van der Waals surface area (Å²) in [4.78, 5) is 22.6. The van der Waals surface area contributed by atoms with E-state index in [9.17, 15) is 9.59 Å². The number of amides is 1. The first-order valence-corrected chi connectivity index (χ1v) is 4.88. The summed E-state index contributed by atoms with van der Waals surface area (Å²) in [7, 11) is 0. The molecule has 0 radical (unpaired) electrons. The van der Waals surface area contributed by atoms with Gasteiger partial charge in [-0.3, -0.25) is 9.59 Å². The Kier molecular flexibility index (Phi) is 3.61. The van der Waals surface area contributed by atoms with Crippen molar-refractivity contribution in [3.8, 4) is 0 Å². The third-order valence-corrected chi connectivity index (χ3v) is 2.24. The second-order valence-corrected chi connectivity index (χ2v) is 3.68. The molecule has 1 aromatic rings. The van der Waals surface area contributed by atoms with Crippen molar-refractivity contribution in [3.63, 3.8) is 0 Å². The van der Waals surface area contributed by atoms with Crippen molar-refractivity contribution in [2.45, 2.75) is 26.8 Å². The van der Waals surface area contributed by atoms with E-state index in [1.807, 2.05) is 19.1 Å². The maximum atomic E-state index is 11.6. The van der Waals surface area contributed by atoms with Crippen LogP contribution in [0.5, 0.6) is 0 Å². The fourth-order valence-electron chi connectivity index (χ4n) is 1.17. The molecule has 3 nitrogen and oxygen atoms in total. The summed E-state index contributed by atoms with van der Waals surface area (Å²) in [5.41, 5.74) is 1.61. The molecule has 3 heteroatoms. The number of ketones is 1. The maximum Gasteiger partial charge on any atom is 0.251 e. The zero-order valence-electron chi connectivity index (χ0n) is 9.20. The van der Waals surface area contributed by atoms with E-state index in [2.05, 4.69) is 5.32 Å². The molecule has 0 bridgehead atoms. The van der Waals surface area contributed by atoms with E-state index in [4.69, 9.17) is 0 Å². The molecule has 0 saturated heterocycles. The highest BCUT2D eigenvalue weighted by atomic mass is 16.2. The van der Waals surface area contributed by atoms with Crippen molar-refractivity contribution in [1.82, 2.24) is 5.32 Å². The number of Topliss-reactive ketones (excluding diaryl/α,β-unsaturated/α-hetero) is 1. The number of aryl methyl sites for hydroxylation is 1. The Balaban J connectivity index is 2.73. The smallest absolute Gasteiger partial charge is 0.251 e. The summed E-state index contributed by atoms with van der Waals surface area (Å²) in [6, 6.07) is 6.84. The van der Waals surface area contributed by atoms with Gasteiger partial charge < -0.3 is 5.32 Å². The molecule has 1 N–H and O–H groups in total. The molecule has 80 valence electrons. The number of carbonyl (C=O) groups is 2. The fraction of sp³-hybridized carbons (Fsp3) is 0.333. The molecule has 0 fully saturated rings. The van der Waals surface area contributed by atoms with Gasteiger partial charge in [0, 0.05) is 5.56 Å². The number of rotatable bonds is 3. The Hall–Kier alpha value is -1.64. The molecule has 1 amide bonds. The predicted octanol–water partition coefficient (Wildman–Crippen LogP) is 1.70. The minimum Gasteiger partial charge on any atom is -0.343 e. The summed E-state index contributed by atoms with van der Waals surface area (Å²) in [6.45, 7) is 5.06. The first kappa shape index (κ1) is 11.4. The maximum absolute atomic E-state index is 11.6. The second kappa shape index (κ2) is 4.73. The van der Waals surface area contributed by atoms with Crippen molar-refractivity contribution in [3.05, 3.63) is 35.4 Å². The number of hydrogen-bond acceptors (Lipinski definition) is 2. The topological polar surface area (TPSA) is 46.2 Å². The van der Waals surface area contributed by atoms with Gasteiger partial charge in [0.1, 0.15) is 0 Å². The van der Waals surface area contributed by atoms with Crippen LogP contribution in [0.25, 0.3) is 0 Å². The average molecular weight is 205 g/mol. The van der Waals surface area contributed by atoms with E-state index < -0.39 is 6.04 Å². The highest BCUT2D eigenvalue weighted by molar-refractivity contribution is 5.97. The van der Waals surface area contributed by atoms with Crippen LogP contribution in [0, 0.1) is 6.92 Å². The van der Waals surface area contributed by atoms with Gasteiger partial charge in [0.05, 0.1) is 6.04 Å². The molecule has 1 aromatic carbocycles. The zero-order chi connectivity index (χ0) is 11.4. The van der Waals surface area contributed by atoms with Crippen LogP contribution < -0.4 is 5.32 Å². The largest absolute Gasteiger partial charge is 0.343 e. The van der Waals surface area contributed by atoms with E-state index in [1.165, 1.54) is 6.92 Å². The van der Waals surface area contributed by atoms with Crippen LogP contribution in [0.15, 0.2) is 24.3 Å². The van der Waals surface area contributed by atoms with Crippen LogP contribution in [0.4, 0.5) is 0 Å². The summed E-state index contributed by atoms with van der Waals surface area (Å²) < 4.78 is 0. The van der Waals surface area contributed by atoms with E-state index in [-0.39, 0.29) is 11.7 Å². The average Bonchev–Trinajstić information content (AvgIpc) is 2.17. The normalized spacial score (nSPS) is 11.9. The van der Waals surface area contributed by atoms with Crippen LogP contribution in [0.1, 0.15) is 29.8 Å². The second-order valence-electron chi connectivity index (χ2n) is 3.68. The molecule has 0 spiro atoms. The highest BCUT2D eigenvalue weighted by Gasteiger charge is 2.12. The standard InChI is InChI=1S/C12H15NO2/c1-8-5-4-6-11(7-8)12(15)13-9(2)10(3)14/h4-7,9H,1-3H3,(H,13,15). The molecule has 0 saturated carbocycles.